The molecule has 0 spiro atoms. The van der Waals surface area contributed by atoms with Crippen LogP contribution in [0.3, 0.4) is 0 Å². The highest BCUT2D eigenvalue weighted by Gasteiger charge is 2.34. The first-order valence-corrected chi connectivity index (χ1v) is 8.62. The summed E-state index contributed by atoms with van der Waals surface area (Å²) < 4.78 is 0. The Kier molecular flexibility index (Phi) is 3.64. The molecule has 3 heterocycles. The highest BCUT2D eigenvalue weighted by molar-refractivity contribution is 5.57. The molecule has 0 saturated carbocycles. The Morgan fingerprint density at radius 2 is 2.14 bits per heavy atom. The summed E-state index contributed by atoms with van der Waals surface area (Å²) >= 11 is 0. The van der Waals surface area contributed by atoms with Gasteiger partial charge in [0.25, 0.3) is 0 Å². The summed E-state index contributed by atoms with van der Waals surface area (Å²) in [5.41, 5.74) is 2.89. The second-order valence-corrected chi connectivity index (χ2v) is 7.09. The molecule has 0 radical (unpaired) electrons. The highest BCUT2D eigenvalue weighted by atomic mass is 15.3. The van der Waals surface area contributed by atoms with E-state index in [0.29, 0.717) is 5.92 Å². The van der Waals surface area contributed by atoms with Crippen LogP contribution in [0.2, 0.25) is 0 Å². The number of nitrogens with one attached hydrogen (secondary N) is 1. The monoisotopic (exact) mass is 285 g/mol. The minimum Gasteiger partial charge on any atom is -0.384 e. The molecule has 3 nitrogen and oxygen atoms in total. The fourth-order valence-corrected chi connectivity index (χ4v) is 4.50. The SMILES string of the molecule is CC1CN2CCCC2CN1CCC1CNc2ccccc21. The van der Waals surface area contributed by atoms with Crippen LogP contribution in [0.5, 0.6) is 0 Å². The summed E-state index contributed by atoms with van der Waals surface area (Å²) in [6, 6.07) is 10.4. The van der Waals surface area contributed by atoms with Crippen LogP contribution < -0.4 is 5.32 Å². The molecule has 0 bridgehead atoms. The van der Waals surface area contributed by atoms with E-state index in [2.05, 4.69) is 46.3 Å². The molecule has 21 heavy (non-hydrogen) atoms. The number of fused-ring (bicyclic) bond motifs is 2. The molecule has 2 saturated heterocycles. The van der Waals surface area contributed by atoms with Gasteiger partial charge in [0.2, 0.25) is 0 Å². The lowest BCUT2D eigenvalue weighted by Crippen LogP contribution is -2.55. The van der Waals surface area contributed by atoms with Crippen LogP contribution in [0.1, 0.15) is 37.7 Å². The van der Waals surface area contributed by atoms with Crippen LogP contribution in [0, 0.1) is 0 Å². The number of nitrogens with zero attached hydrogens (tertiary/aromatic N) is 2. The first-order valence-electron chi connectivity index (χ1n) is 8.62. The van der Waals surface area contributed by atoms with E-state index in [1.54, 1.807) is 0 Å². The molecule has 0 aliphatic carbocycles. The number of hydrogen-bond acceptors (Lipinski definition) is 3. The fraction of sp³-hybridized carbons (Fsp3) is 0.667. The zero-order valence-electron chi connectivity index (χ0n) is 13.1. The molecule has 0 amide bonds. The summed E-state index contributed by atoms with van der Waals surface area (Å²) in [6.45, 7) is 8.70. The Balaban J connectivity index is 1.37. The van der Waals surface area contributed by atoms with E-state index in [1.165, 1.54) is 56.7 Å². The molecule has 1 aromatic rings. The minimum atomic E-state index is 0.704. The number of piperazine rings is 1. The third-order valence-corrected chi connectivity index (χ3v) is 5.77. The minimum absolute atomic E-state index is 0.704. The topological polar surface area (TPSA) is 18.5 Å². The molecule has 0 aromatic heterocycles. The number of anilines is 1. The molecule has 1 N–H and O–H groups in total. The lowest BCUT2D eigenvalue weighted by molar-refractivity contribution is 0.0577. The lowest BCUT2D eigenvalue weighted by Gasteiger charge is -2.42. The molecule has 1 aromatic carbocycles. The molecular weight excluding hydrogens is 258 g/mol. The maximum absolute atomic E-state index is 3.56. The molecule has 3 unspecified atom stereocenters. The third-order valence-electron chi connectivity index (χ3n) is 5.77. The molecule has 3 aliphatic heterocycles. The van der Waals surface area contributed by atoms with Crippen molar-refractivity contribution in [2.45, 2.75) is 44.2 Å². The Morgan fingerprint density at radius 1 is 1.24 bits per heavy atom. The van der Waals surface area contributed by atoms with Gasteiger partial charge in [0.1, 0.15) is 0 Å². The predicted molar refractivity (Wildman–Crippen MR) is 87.9 cm³/mol. The largest absolute Gasteiger partial charge is 0.384 e. The van der Waals surface area contributed by atoms with E-state index in [9.17, 15) is 0 Å². The maximum atomic E-state index is 3.56. The van der Waals surface area contributed by atoms with E-state index in [4.69, 9.17) is 0 Å². The molecule has 2 fully saturated rings. The second-order valence-electron chi connectivity index (χ2n) is 7.09. The third kappa shape index (κ3) is 2.58. The van der Waals surface area contributed by atoms with Gasteiger partial charge in [-0.05, 0) is 50.9 Å². The van der Waals surface area contributed by atoms with Crippen LogP contribution >= 0.6 is 0 Å². The van der Waals surface area contributed by atoms with Gasteiger partial charge in [0, 0.05) is 43.3 Å². The number of rotatable bonds is 3. The Labute approximate surface area is 128 Å². The lowest BCUT2D eigenvalue weighted by atomic mass is 9.97. The zero-order chi connectivity index (χ0) is 14.2. The Hall–Kier alpha value is -1.06. The molecule has 3 aliphatic rings. The zero-order valence-corrected chi connectivity index (χ0v) is 13.1. The van der Waals surface area contributed by atoms with Crippen molar-refractivity contribution < 1.29 is 0 Å². The van der Waals surface area contributed by atoms with Gasteiger partial charge in [-0.1, -0.05) is 18.2 Å². The van der Waals surface area contributed by atoms with Crippen molar-refractivity contribution >= 4 is 5.69 Å². The fourth-order valence-electron chi connectivity index (χ4n) is 4.50. The van der Waals surface area contributed by atoms with Crippen LogP contribution in [0.4, 0.5) is 5.69 Å². The summed E-state index contributed by atoms with van der Waals surface area (Å²) in [4.78, 5) is 5.46. The van der Waals surface area contributed by atoms with Crippen LogP contribution in [-0.2, 0) is 0 Å². The summed E-state index contributed by atoms with van der Waals surface area (Å²) in [6.07, 6.45) is 4.11. The van der Waals surface area contributed by atoms with Gasteiger partial charge in [-0.3, -0.25) is 9.80 Å². The summed E-state index contributed by atoms with van der Waals surface area (Å²) in [5.74, 6) is 0.704. The van der Waals surface area contributed by atoms with Crippen LogP contribution in [0.25, 0.3) is 0 Å². The predicted octanol–water partition coefficient (Wildman–Crippen LogP) is 2.75. The van der Waals surface area contributed by atoms with Gasteiger partial charge in [0.15, 0.2) is 0 Å². The number of hydrogen-bond donors (Lipinski definition) is 1. The van der Waals surface area contributed by atoms with Crippen molar-refractivity contribution in [3.63, 3.8) is 0 Å². The first-order chi connectivity index (χ1) is 10.3. The number of para-hydroxylation sites is 1. The average molecular weight is 285 g/mol. The van der Waals surface area contributed by atoms with Crippen molar-refractivity contribution in [1.29, 1.82) is 0 Å². The van der Waals surface area contributed by atoms with E-state index >= 15 is 0 Å². The molecule has 4 rings (SSSR count). The van der Waals surface area contributed by atoms with Gasteiger partial charge in [-0.15, -0.1) is 0 Å². The first kappa shape index (κ1) is 13.6. The highest BCUT2D eigenvalue weighted by Crippen LogP contribution is 2.34. The van der Waals surface area contributed by atoms with Gasteiger partial charge < -0.3 is 5.32 Å². The Bertz CT molecular complexity index is 501. The average Bonchev–Trinajstić information content (AvgIpc) is 3.11. The second kappa shape index (κ2) is 5.62. The van der Waals surface area contributed by atoms with E-state index in [-0.39, 0.29) is 0 Å². The maximum Gasteiger partial charge on any atom is 0.0376 e. The standard InChI is InChI=1S/C18H27N3/c1-14-12-21-9-4-5-16(21)13-20(14)10-8-15-11-19-18-7-3-2-6-17(15)18/h2-3,6-7,14-16,19H,4-5,8-13H2,1H3. The quantitative estimate of drug-likeness (QED) is 0.921. The van der Waals surface area contributed by atoms with E-state index in [0.717, 1.165) is 18.6 Å². The van der Waals surface area contributed by atoms with Gasteiger partial charge in [0.05, 0.1) is 0 Å². The molecular formula is C18H27N3. The van der Waals surface area contributed by atoms with Gasteiger partial charge >= 0.3 is 0 Å². The smallest absolute Gasteiger partial charge is 0.0376 e. The Morgan fingerprint density at radius 3 is 3.10 bits per heavy atom. The molecule has 3 heteroatoms. The van der Waals surface area contributed by atoms with Crippen molar-refractivity contribution in [3.05, 3.63) is 29.8 Å². The van der Waals surface area contributed by atoms with E-state index < -0.39 is 0 Å². The number of benzene rings is 1. The van der Waals surface area contributed by atoms with Gasteiger partial charge in [-0.25, -0.2) is 0 Å². The summed E-state index contributed by atoms with van der Waals surface area (Å²) in [7, 11) is 0. The van der Waals surface area contributed by atoms with Crippen molar-refractivity contribution in [1.82, 2.24) is 9.80 Å². The molecule has 114 valence electrons. The van der Waals surface area contributed by atoms with Crippen molar-refractivity contribution in [3.8, 4) is 0 Å². The van der Waals surface area contributed by atoms with Crippen LogP contribution in [0.15, 0.2) is 24.3 Å². The van der Waals surface area contributed by atoms with Crippen molar-refractivity contribution in [2.75, 3.05) is 38.0 Å². The summed E-state index contributed by atoms with van der Waals surface area (Å²) in [5, 5.41) is 3.56. The normalized spacial score (nSPS) is 32.7. The van der Waals surface area contributed by atoms with Crippen LogP contribution in [-0.4, -0.2) is 54.6 Å². The van der Waals surface area contributed by atoms with Crippen molar-refractivity contribution in [2.24, 2.45) is 0 Å². The molecule has 3 atom stereocenters. The van der Waals surface area contributed by atoms with E-state index in [1.807, 2.05) is 0 Å². The van der Waals surface area contributed by atoms with Gasteiger partial charge in [-0.2, -0.15) is 0 Å².